The van der Waals surface area contributed by atoms with E-state index in [-0.39, 0.29) is 4.83 Å². The van der Waals surface area contributed by atoms with Gasteiger partial charge in [0.15, 0.2) is 0 Å². The number of hydrogen-bond donors (Lipinski definition) is 0. The maximum absolute atomic E-state index is 3.77. The summed E-state index contributed by atoms with van der Waals surface area (Å²) in [4.78, 5) is 0.243. The molecule has 2 rings (SSSR count). The number of benzene rings is 2. The van der Waals surface area contributed by atoms with Crippen molar-refractivity contribution in [1.29, 1.82) is 0 Å². The van der Waals surface area contributed by atoms with Crippen molar-refractivity contribution in [3.8, 4) is 0 Å². The van der Waals surface area contributed by atoms with Gasteiger partial charge in [-0.25, -0.2) is 0 Å². The number of rotatable bonds is 2. The standard InChI is InChI=1S/C13H11Br/c1-2-13(14)12-8-7-10-5-3-4-6-11(10)9-12/h2-9,13H,1H2. The lowest BCUT2D eigenvalue weighted by atomic mass is 10.1. The predicted octanol–water partition coefficient (Wildman–Crippen LogP) is 4.46. The van der Waals surface area contributed by atoms with Crippen molar-refractivity contribution in [2.24, 2.45) is 0 Å². The first-order valence-corrected chi connectivity index (χ1v) is 5.48. The molecule has 0 fully saturated rings. The van der Waals surface area contributed by atoms with Crippen LogP contribution in [0.1, 0.15) is 10.4 Å². The Balaban J connectivity index is 2.56. The number of alkyl halides is 1. The van der Waals surface area contributed by atoms with Gasteiger partial charge in [-0.05, 0) is 22.4 Å². The summed E-state index contributed by atoms with van der Waals surface area (Å²) in [5.74, 6) is 0. The van der Waals surface area contributed by atoms with E-state index in [0.29, 0.717) is 0 Å². The molecule has 0 aliphatic rings. The highest BCUT2D eigenvalue weighted by atomic mass is 79.9. The monoisotopic (exact) mass is 246 g/mol. The molecule has 0 N–H and O–H groups in total. The Labute approximate surface area is 92.4 Å². The summed E-state index contributed by atoms with van der Waals surface area (Å²) in [7, 11) is 0. The predicted molar refractivity (Wildman–Crippen MR) is 65.8 cm³/mol. The summed E-state index contributed by atoms with van der Waals surface area (Å²) < 4.78 is 0. The third kappa shape index (κ3) is 1.73. The Hall–Kier alpha value is -1.08. The van der Waals surface area contributed by atoms with Crippen molar-refractivity contribution in [3.63, 3.8) is 0 Å². The highest BCUT2D eigenvalue weighted by Crippen LogP contribution is 2.26. The Morgan fingerprint density at radius 3 is 2.50 bits per heavy atom. The van der Waals surface area contributed by atoms with E-state index in [1.54, 1.807) is 0 Å². The normalized spacial score (nSPS) is 12.6. The first-order valence-electron chi connectivity index (χ1n) is 4.56. The minimum absolute atomic E-state index is 0.243. The van der Waals surface area contributed by atoms with Crippen molar-refractivity contribution >= 4 is 26.7 Å². The van der Waals surface area contributed by atoms with Crippen LogP contribution in [0.3, 0.4) is 0 Å². The first kappa shape index (κ1) is 9.47. The van der Waals surface area contributed by atoms with Gasteiger partial charge >= 0.3 is 0 Å². The quantitative estimate of drug-likeness (QED) is 0.542. The van der Waals surface area contributed by atoms with Crippen molar-refractivity contribution in [1.82, 2.24) is 0 Å². The van der Waals surface area contributed by atoms with Gasteiger partial charge in [0.2, 0.25) is 0 Å². The topological polar surface area (TPSA) is 0 Å². The van der Waals surface area contributed by atoms with Crippen LogP contribution in [-0.2, 0) is 0 Å². The fourth-order valence-electron chi connectivity index (χ4n) is 1.52. The van der Waals surface area contributed by atoms with Gasteiger partial charge in [0.05, 0.1) is 4.83 Å². The molecule has 2 aromatic carbocycles. The van der Waals surface area contributed by atoms with E-state index in [2.05, 4.69) is 65.0 Å². The molecule has 0 radical (unpaired) electrons. The van der Waals surface area contributed by atoms with Crippen LogP contribution in [0.25, 0.3) is 10.8 Å². The molecule has 14 heavy (non-hydrogen) atoms. The van der Waals surface area contributed by atoms with Crippen molar-refractivity contribution < 1.29 is 0 Å². The second kappa shape index (κ2) is 3.97. The molecule has 0 heterocycles. The van der Waals surface area contributed by atoms with E-state index in [4.69, 9.17) is 0 Å². The van der Waals surface area contributed by atoms with E-state index < -0.39 is 0 Å². The molecule has 0 aromatic heterocycles. The maximum atomic E-state index is 3.77. The zero-order valence-electron chi connectivity index (χ0n) is 7.78. The van der Waals surface area contributed by atoms with Gasteiger partial charge in [-0.1, -0.05) is 58.4 Å². The highest BCUT2D eigenvalue weighted by molar-refractivity contribution is 9.09. The van der Waals surface area contributed by atoms with Gasteiger partial charge in [-0.15, -0.1) is 6.58 Å². The van der Waals surface area contributed by atoms with Crippen LogP contribution in [0.15, 0.2) is 55.1 Å². The molecule has 0 aliphatic carbocycles. The fourth-order valence-corrected chi connectivity index (χ4v) is 1.80. The van der Waals surface area contributed by atoms with Crippen molar-refractivity contribution in [3.05, 3.63) is 60.7 Å². The lowest BCUT2D eigenvalue weighted by Crippen LogP contribution is -1.84. The second-order valence-electron chi connectivity index (χ2n) is 3.24. The smallest absolute Gasteiger partial charge is 0.0572 e. The van der Waals surface area contributed by atoms with Gasteiger partial charge < -0.3 is 0 Å². The van der Waals surface area contributed by atoms with Crippen LogP contribution < -0.4 is 0 Å². The lowest BCUT2D eigenvalue weighted by molar-refractivity contribution is 1.27. The number of fused-ring (bicyclic) bond motifs is 1. The molecule has 0 saturated heterocycles. The summed E-state index contributed by atoms with van der Waals surface area (Å²) >= 11 is 3.55. The summed E-state index contributed by atoms with van der Waals surface area (Å²) in [6.07, 6.45) is 1.89. The highest BCUT2D eigenvalue weighted by Gasteiger charge is 2.02. The Morgan fingerprint density at radius 2 is 1.79 bits per heavy atom. The Kier molecular flexibility index (Phi) is 2.69. The average molecular weight is 247 g/mol. The van der Waals surface area contributed by atoms with Gasteiger partial charge in [0, 0.05) is 0 Å². The van der Waals surface area contributed by atoms with Crippen LogP contribution in [0.5, 0.6) is 0 Å². The molecule has 2 aromatic rings. The Bertz CT molecular complexity index is 459. The van der Waals surface area contributed by atoms with Crippen LogP contribution >= 0.6 is 15.9 Å². The van der Waals surface area contributed by atoms with Gasteiger partial charge in [-0.3, -0.25) is 0 Å². The average Bonchev–Trinajstić information content (AvgIpc) is 2.27. The van der Waals surface area contributed by atoms with Crippen LogP contribution in [0, 0.1) is 0 Å². The molecule has 0 amide bonds. The summed E-state index contributed by atoms with van der Waals surface area (Å²) in [5, 5.41) is 2.55. The first-order chi connectivity index (χ1) is 6.81. The van der Waals surface area contributed by atoms with E-state index in [0.717, 1.165) is 0 Å². The number of halogens is 1. The Morgan fingerprint density at radius 1 is 1.07 bits per heavy atom. The zero-order chi connectivity index (χ0) is 9.97. The van der Waals surface area contributed by atoms with E-state index in [1.807, 2.05) is 6.08 Å². The maximum Gasteiger partial charge on any atom is 0.0572 e. The van der Waals surface area contributed by atoms with Gasteiger partial charge in [0.25, 0.3) is 0 Å². The fraction of sp³-hybridized carbons (Fsp3) is 0.0769. The molecule has 1 atom stereocenters. The van der Waals surface area contributed by atoms with Crippen LogP contribution in [-0.4, -0.2) is 0 Å². The summed E-state index contributed by atoms with van der Waals surface area (Å²) in [6.45, 7) is 3.77. The molecule has 70 valence electrons. The largest absolute Gasteiger partial charge is 0.102 e. The van der Waals surface area contributed by atoms with Gasteiger partial charge in [0.1, 0.15) is 0 Å². The molecule has 0 nitrogen and oxygen atoms in total. The SMILES string of the molecule is C=CC(Br)c1ccc2ccccc2c1. The molecular weight excluding hydrogens is 236 g/mol. The van der Waals surface area contributed by atoms with Crippen molar-refractivity contribution in [2.75, 3.05) is 0 Å². The van der Waals surface area contributed by atoms with E-state index >= 15 is 0 Å². The van der Waals surface area contributed by atoms with E-state index in [9.17, 15) is 0 Å². The molecule has 0 bridgehead atoms. The zero-order valence-corrected chi connectivity index (χ0v) is 9.37. The molecule has 1 unspecified atom stereocenters. The summed E-state index contributed by atoms with van der Waals surface area (Å²) in [6, 6.07) is 14.8. The third-order valence-corrected chi connectivity index (χ3v) is 3.20. The van der Waals surface area contributed by atoms with Crippen molar-refractivity contribution in [2.45, 2.75) is 4.83 Å². The molecular formula is C13H11Br. The minimum Gasteiger partial charge on any atom is -0.102 e. The number of allylic oxidation sites excluding steroid dienone is 1. The van der Waals surface area contributed by atoms with Crippen LogP contribution in [0.2, 0.25) is 0 Å². The van der Waals surface area contributed by atoms with Crippen LogP contribution in [0.4, 0.5) is 0 Å². The second-order valence-corrected chi connectivity index (χ2v) is 4.23. The molecule has 0 saturated carbocycles. The molecule has 1 heteroatoms. The van der Waals surface area contributed by atoms with E-state index in [1.165, 1.54) is 16.3 Å². The summed E-state index contributed by atoms with van der Waals surface area (Å²) in [5.41, 5.74) is 1.25. The van der Waals surface area contributed by atoms with Gasteiger partial charge in [-0.2, -0.15) is 0 Å². The lowest BCUT2D eigenvalue weighted by Gasteiger charge is -2.05. The molecule has 0 spiro atoms. The third-order valence-electron chi connectivity index (χ3n) is 2.30. The molecule has 0 aliphatic heterocycles. The number of hydrogen-bond acceptors (Lipinski definition) is 0. The minimum atomic E-state index is 0.243.